The summed E-state index contributed by atoms with van der Waals surface area (Å²) in [5.41, 5.74) is 0.996. The molecule has 3 heteroatoms. The van der Waals surface area contributed by atoms with Crippen molar-refractivity contribution >= 4 is 11.5 Å². The van der Waals surface area contributed by atoms with Crippen molar-refractivity contribution in [1.29, 1.82) is 0 Å². The Morgan fingerprint density at radius 3 is 2.80 bits per heavy atom. The van der Waals surface area contributed by atoms with Crippen molar-refractivity contribution in [2.75, 3.05) is 25.6 Å². The van der Waals surface area contributed by atoms with E-state index in [1.807, 2.05) is 43.1 Å². The summed E-state index contributed by atoms with van der Waals surface area (Å²) in [4.78, 5) is 13.2. The Kier molecular flexibility index (Phi) is 4.16. The second-order valence-corrected chi connectivity index (χ2v) is 3.45. The van der Waals surface area contributed by atoms with Crippen LogP contribution < -0.4 is 9.64 Å². The number of rotatable bonds is 5. The van der Waals surface area contributed by atoms with Gasteiger partial charge in [-0.15, -0.1) is 0 Å². The topological polar surface area (TPSA) is 29.5 Å². The molecule has 82 valence electrons. The number of ether oxygens (including phenoxy) is 1. The molecule has 0 aliphatic carbocycles. The zero-order valence-electron chi connectivity index (χ0n) is 9.49. The molecule has 0 radical (unpaired) electrons. The molecule has 0 aromatic heterocycles. The van der Waals surface area contributed by atoms with Gasteiger partial charge in [-0.1, -0.05) is 13.0 Å². The largest absolute Gasteiger partial charge is 0.497 e. The van der Waals surface area contributed by atoms with E-state index < -0.39 is 0 Å². The molecule has 0 atom stereocenters. The molecule has 0 bridgehead atoms. The van der Waals surface area contributed by atoms with Gasteiger partial charge in [-0.05, 0) is 12.1 Å². The number of Topliss-reactive ketones (excluding diaryl/α,β-unsaturated/α-hetero) is 1. The molecular weight excluding hydrogens is 190 g/mol. The van der Waals surface area contributed by atoms with E-state index in [-0.39, 0.29) is 5.78 Å². The molecule has 0 heterocycles. The molecule has 0 unspecified atom stereocenters. The maximum atomic E-state index is 11.3. The molecule has 0 spiro atoms. The summed E-state index contributed by atoms with van der Waals surface area (Å²) in [6, 6.07) is 7.69. The first-order chi connectivity index (χ1) is 7.17. The van der Waals surface area contributed by atoms with Gasteiger partial charge in [0.2, 0.25) is 0 Å². The highest BCUT2D eigenvalue weighted by atomic mass is 16.5. The molecule has 0 amide bonds. The fourth-order valence-corrected chi connectivity index (χ4v) is 1.32. The summed E-state index contributed by atoms with van der Waals surface area (Å²) in [6.07, 6.45) is 0.578. The summed E-state index contributed by atoms with van der Waals surface area (Å²) >= 11 is 0. The van der Waals surface area contributed by atoms with E-state index in [2.05, 4.69) is 0 Å². The Hall–Kier alpha value is -1.51. The Bertz CT molecular complexity index is 336. The third-order valence-electron chi connectivity index (χ3n) is 2.30. The van der Waals surface area contributed by atoms with E-state index in [1.165, 1.54) is 0 Å². The van der Waals surface area contributed by atoms with Crippen LogP contribution in [0.3, 0.4) is 0 Å². The van der Waals surface area contributed by atoms with Gasteiger partial charge in [0.25, 0.3) is 0 Å². The highest BCUT2D eigenvalue weighted by Crippen LogP contribution is 2.19. The molecule has 1 aromatic carbocycles. The fraction of sp³-hybridized carbons (Fsp3) is 0.417. The zero-order valence-corrected chi connectivity index (χ0v) is 9.49. The van der Waals surface area contributed by atoms with Crippen LogP contribution >= 0.6 is 0 Å². The van der Waals surface area contributed by atoms with Gasteiger partial charge in [-0.2, -0.15) is 0 Å². The van der Waals surface area contributed by atoms with E-state index in [0.717, 1.165) is 11.4 Å². The van der Waals surface area contributed by atoms with Crippen LogP contribution in [-0.2, 0) is 4.79 Å². The van der Waals surface area contributed by atoms with Gasteiger partial charge in [0.05, 0.1) is 13.7 Å². The molecule has 0 fully saturated rings. The third kappa shape index (κ3) is 3.27. The van der Waals surface area contributed by atoms with Gasteiger partial charge in [-0.3, -0.25) is 4.79 Å². The van der Waals surface area contributed by atoms with Gasteiger partial charge < -0.3 is 9.64 Å². The summed E-state index contributed by atoms with van der Waals surface area (Å²) in [6.45, 7) is 2.32. The first kappa shape index (κ1) is 11.6. The SMILES string of the molecule is CCC(=O)CN(C)c1cccc(OC)c1. The van der Waals surface area contributed by atoms with Crippen molar-refractivity contribution in [1.82, 2.24) is 0 Å². The Morgan fingerprint density at radius 2 is 2.20 bits per heavy atom. The average Bonchev–Trinajstić information content (AvgIpc) is 2.28. The van der Waals surface area contributed by atoms with Gasteiger partial charge in [0, 0.05) is 25.2 Å². The van der Waals surface area contributed by atoms with Crippen molar-refractivity contribution in [3.63, 3.8) is 0 Å². The van der Waals surface area contributed by atoms with Crippen LogP contribution in [0.5, 0.6) is 5.75 Å². The van der Waals surface area contributed by atoms with Crippen LogP contribution in [0.15, 0.2) is 24.3 Å². The summed E-state index contributed by atoms with van der Waals surface area (Å²) in [7, 11) is 3.54. The molecule has 0 aliphatic heterocycles. The molecule has 0 saturated heterocycles. The number of carbonyl (C=O) groups excluding carboxylic acids is 1. The van der Waals surface area contributed by atoms with Gasteiger partial charge in [-0.25, -0.2) is 0 Å². The minimum Gasteiger partial charge on any atom is -0.497 e. The van der Waals surface area contributed by atoms with Crippen molar-refractivity contribution in [2.24, 2.45) is 0 Å². The number of methoxy groups -OCH3 is 1. The highest BCUT2D eigenvalue weighted by Gasteiger charge is 2.06. The number of benzene rings is 1. The second kappa shape index (κ2) is 5.39. The van der Waals surface area contributed by atoms with Gasteiger partial charge in [0.1, 0.15) is 5.75 Å². The van der Waals surface area contributed by atoms with Gasteiger partial charge in [0.15, 0.2) is 5.78 Å². The van der Waals surface area contributed by atoms with Crippen LogP contribution in [0.4, 0.5) is 5.69 Å². The van der Waals surface area contributed by atoms with Crippen LogP contribution in [0.2, 0.25) is 0 Å². The van der Waals surface area contributed by atoms with Crippen molar-refractivity contribution in [3.05, 3.63) is 24.3 Å². The van der Waals surface area contributed by atoms with E-state index in [4.69, 9.17) is 4.74 Å². The second-order valence-electron chi connectivity index (χ2n) is 3.45. The lowest BCUT2D eigenvalue weighted by Gasteiger charge is -2.18. The molecule has 3 nitrogen and oxygen atoms in total. The number of anilines is 1. The normalized spacial score (nSPS) is 9.80. The maximum Gasteiger partial charge on any atom is 0.151 e. The third-order valence-corrected chi connectivity index (χ3v) is 2.30. The monoisotopic (exact) mass is 207 g/mol. The predicted octanol–water partition coefficient (Wildman–Crippen LogP) is 2.11. The fourth-order valence-electron chi connectivity index (χ4n) is 1.32. The minimum absolute atomic E-state index is 0.236. The molecule has 1 aromatic rings. The smallest absolute Gasteiger partial charge is 0.151 e. The highest BCUT2D eigenvalue weighted by molar-refractivity contribution is 5.83. The van der Waals surface area contributed by atoms with Gasteiger partial charge >= 0.3 is 0 Å². The van der Waals surface area contributed by atoms with Crippen LogP contribution in [-0.4, -0.2) is 26.5 Å². The number of likely N-dealkylation sites (N-methyl/N-ethyl adjacent to an activating group) is 1. The van der Waals surface area contributed by atoms with Crippen LogP contribution in [0.1, 0.15) is 13.3 Å². The lowest BCUT2D eigenvalue weighted by Crippen LogP contribution is -2.24. The van der Waals surface area contributed by atoms with Crippen molar-refractivity contribution < 1.29 is 9.53 Å². The van der Waals surface area contributed by atoms with E-state index in [0.29, 0.717) is 13.0 Å². The molecular formula is C12H17NO2. The van der Waals surface area contributed by atoms with E-state index in [1.54, 1.807) is 7.11 Å². The number of hydrogen-bond acceptors (Lipinski definition) is 3. The molecule has 1 rings (SSSR count). The van der Waals surface area contributed by atoms with E-state index in [9.17, 15) is 4.79 Å². The van der Waals surface area contributed by atoms with Crippen molar-refractivity contribution in [2.45, 2.75) is 13.3 Å². The maximum absolute atomic E-state index is 11.3. The van der Waals surface area contributed by atoms with E-state index >= 15 is 0 Å². The molecule has 0 N–H and O–H groups in total. The Morgan fingerprint density at radius 1 is 1.47 bits per heavy atom. The number of nitrogens with zero attached hydrogens (tertiary/aromatic N) is 1. The lowest BCUT2D eigenvalue weighted by molar-refractivity contribution is -0.117. The standard InChI is InChI=1S/C12H17NO2/c1-4-11(14)9-13(2)10-6-5-7-12(8-10)15-3/h5-8H,4,9H2,1-3H3. The van der Waals surface area contributed by atoms with Crippen LogP contribution in [0.25, 0.3) is 0 Å². The molecule has 0 aliphatic rings. The molecule has 15 heavy (non-hydrogen) atoms. The summed E-state index contributed by atoms with van der Waals surface area (Å²) in [5, 5.41) is 0. The Balaban J connectivity index is 2.72. The first-order valence-corrected chi connectivity index (χ1v) is 5.04. The lowest BCUT2D eigenvalue weighted by atomic mass is 10.2. The van der Waals surface area contributed by atoms with Crippen molar-refractivity contribution in [3.8, 4) is 5.75 Å². The molecule has 0 saturated carbocycles. The number of ketones is 1. The number of carbonyl (C=O) groups is 1. The Labute approximate surface area is 90.7 Å². The predicted molar refractivity (Wildman–Crippen MR) is 61.6 cm³/mol. The average molecular weight is 207 g/mol. The van der Waals surface area contributed by atoms with Crippen LogP contribution in [0, 0.1) is 0 Å². The quantitative estimate of drug-likeness (QED) is 0.740. The minimum atomic E-state index is 0.236. The zero-order chi connectivity index (χ0) is 11.3. The summed E-state index contributed by atoms with van der Waals surface area (Å²) < 4.78 is 5.12. The first-order valence-electron chi connectivity index (χ1n) is 5.04. The number of hydrogen-bond donors (Lipinski definition) is 0. The summed E-state index contributed by atoms with van der Waals surface area (Å²) in [5.74, 6) is 1.05.